The number of ether oxygens (including phenoxy) is 13. The lowest BCUT2D eigenvalue weighted by molar-refractivity contribution is -0.394. The molecule has 7 rings (SSSR count). The first-order valence-electron chi connectivity index (χ1n) is 26.3. The monoisotopic (exact) mass is 1200 g/mol. The van der Waals surface area contributed by atoms with Gasteiger partial charge in [-0.05, 0) is 13.8 Å². The third kappa shape index (κ3) is 14.3. The fraction of sp³-hybridized carbons (Fsp3) is 0.957. The van der Waals surface area contributed by atoms with Crippen molar-refractivity contribution in [2.45, 2.75) is 243 Å². The molecule has 7 saturated heterocycles. The van der Waals surface area contributed by atoms with E-state index in [1.54, 1.807) is 0 Å². The van der Waals surface area contributed by atoms with Crippen molar-refractivity contribution in [2.24, 2.45) is 0 Å². The van der Waals surface area contributed by atoms with Crippen LogP contribution in [0.25, 0.3) is 0 Å². The zero-order valence-electron chi connectivity index (χ0n) is 44.4. The molecule has 0 aromatic rings. The van der Waals surface area contributed by atoms with E-state index >= 15 is 0 Å². The van der Waals surface area contributed by atoms with Gasteiger partial charge in [0.05, 0.1) is 45.2 Å². The number of aliphatic hydroxyl groups excluding tert-OH is 19. The lowest BCUT2D eigenvalue weighted by Gasteiger charge is -2.50. The molecule has 0 bridgehead atoms. The summed E-state index contributed by atoms with van der Waals surface area (Å²) in [5, 5.41) is 210. The number of nitrogens with one attached hydrogen (secondary N) is 2. The third-order valence-corrected chi connectivity index (χ3v) is 15.3. The van der Waals surface area contributed by atoms with Crippen molar-refractivity contribution in [3.8, 4) is 0 Å². The van der Waals surface area contributed by atoms with Gasteiger partial charge in [0.15, 0.2) is 44.0 Å². The number of hydrogen-bond donors (Lipinski definition) is 21. The highest BCUT2D eigenvalue weighted by atomic mass is 16.8. The van der Waals surface area contributed by atoms with Crippen LogP contribution in [0.2, 0.25) is 0 Å². The van der Waals surface area contributed by atoms with Gasteiger partial charge in [0.25, 0.3) is 0 Å². The Labute approximate surface area is 465 Å². The molecule has 82 heavy (non-hydrogen) atoms. The van der Waals surface area contributed by atoms with Gasteiger partial charge in [-0.15, -0.1) is 0 Å². The van der Waals surface area contributed by atoms with Crippen LogP contribution in [0.5, 0.6) is 0 Å². The summed E-state index contributed by atoms with van der Waals surface area (Å²) in [5.41, 5.74) is 0. The van der Waals surface area contributed by atoms with E-state index in [2.05, 4.69) is 10.6 Å². The summed E-state index contributed by atoms with van der Waals surface area (Å²) < 4.78 is 74.9. The van der Waals surface area contributed by atoms with Gasteiger partial charge < -0.3 is 169 Å². The van der Waals surface area contributed by atoms with Gasteiger partial charge in [0.1, 0.15) is 159 Å². The van der Waals surface area contributed by atoms with Gasteiger partial charge >= 0.3 is 0 Å². The summed E-state index contributed by atoms with van der Waals surface area (Å²) in [7, 11) is 0. The lowest BCUT2D eigenvalue weighted by Crippen LogP contribution is -2.69. The maximum absolute atomic E-state index is 12.7. The summed E-state index contributed by atoms with van der Waals surface area (Å²) in [6, 6.07) is -3.43. The van der Waals surface area contributed by atoms with Gasteiger partial charge in [-0.25, -0.2) is 0 Å². The van der Waals surface area contributed by atoms with Crippen molar-refractivity contribution >= 4 is 11.8 Å². The number of amides is 2. The van der Waals surface area contributed by atoms with E-state index in [0.717, 1.165) is 13.8 Å². The predicted octanol–water partition coefficient (Wildman–Crippen LogP) is -13.9. The minimum atomic E-state index is -2.22. The molecule has 36 nitrogen and oxygen atoms in total. The van der Waals surface area contributed by atoms with E-state index in [4.69, 9.17) is 61.6 Å². The van der Waals surface area contributed by atoms with E-state index in [1.807, 2.05) is 0 Å². The van der Waals surface area contributed by atoms with Crippen molar-refractivity contribution in [3.63, 3.8) is 0 Å². The maximum atomic E-state index is 12.7. The third-order valence-electron chi connectivity index (χ3n) is 15.3. The summed E-state index contributed by atoms with van der Waals surface area (Å²) in [6.07, 6.45) is -61.2. The van der Waals surface area contributed by atoms with E-state index in [0.29, 0.717) is 0 Å². The summed E-state index contributed by atoms with van der Waals surface area (Å²) in [4.78, 5) is 25.1. The molecule has 36 heteroatoms. The van der Waals surface area contributed by atoms with E-state index in [9.17, 15) is 107 Å². The van der Waals surface area contributed by atoms with Crippen LogP contribution in [0.4, 0.5) is 0 Å². The van der Waals surface area contributed by atoms with Gasteiger partial charge in [-0.3, -0.25) is 9.59 Å². The zero-order valence-corrected chi connectivity index (χ0v) is 44.4. The molecule has 0 aromatic heterocycles. The first-order valence-corrected chi connectivity index (χ1v) is 26.3. The van der Waals surface area contributed by atoms with Crippen LogP contribution in [0.3, 0.4) is 0 Å². The number of carbonyl (C=O) groups is 2. The molecule has 7 aliphatic heterocycles. The molecule has 0 aliphatic carbocycles. The summed E-state index contributed by atoms with van der Waals surface area (Å²) in [5.74, 6) is -1.64. The van der Waals surface area contributed by atoms with Crippen LogP contribution < -0.4 is 10.6 Å². The van der Waals surface area contributed by atoms with Gasteiger partial charge in [-0.1, -0.05) is 0 Å². The predicted molar refractivity (Wildman–Crippen MR) is 252 cm³/mol. The molecule has 2 amide bonds. The molecule has 21 N–H and O–H groups in total. The molecule has 0 radical (unpaired) electrons. The van der Waals surface area contributed by atoms with Crippen LogP contribution >= 0.6 is 0 Å². The molecule has 0 unspecified atom stereocenters. The summed E-state index contributed by atoms with van der Waals surface area (Å²) in [6.45, 7) is -0.172. The van der Waals surface area contributed by atoms with Crippen molar-refractivity contribution in [3.05, 3.63) is 0 Å². The molecule has 0 aromatic carbocycles. The second kappa shape index (κ2) is 28.7. The molecule has 0 saturated carbocycles. The van der Waals surface area contributed by atoms with Crippen LogP contribution in [0.15, 0.2) is 0 Å². The lowest BCUT2D eigenvalue weighted by atomic mass is 9.94. The van der Waals surface area contributed by atoms with Gasteiger partial charge in [-0.2, -0.15) is 0 Å². The minimum Gasteiger partial charge on any atom is -0.394 e. The van der Waals surface area contributed by atoms with Crippen molar-refractivity contribution in [1.82, 2.24) is 10.6 Å². The molecule has 0 spiro atoms. The van der Waals surface area contributed by atoms with E-state index < -0.39 is 260 Å². The Balaban J connectivity index is 1.08. The fourth-order valence-electron chi connectivity index (χ4n) is 10.6. The summed E-state index contributed by atoms with van der Waals surface area (Å²) >= 11 is 0. The van der Waals surface area contributed by atoms with Crippen molar-refractivity contribution in [2.75, 3.05) is 33.0 Å². The molecule has 7 aliphatic rings. The molecular formula is C46H78N2O34. The molecule has 7 fully saturated rings. The van der Waals surface area contributed by atoms with Crippen molar-refractivity contribution < 1.29 is 168 Å². The zero-order chi connectivity index (χ0) is 60.5. The first kappa shape index (κ1) is 67.2. The number of aliphatic hydroxyl groups is 19. The van der Waals surface area contributed by atoms with Gasteiger partial charge in [0, 0.05) is 13.8 Å². The van der Waals surface area contributed by atoms with Crippen molar-refractivity contribution in [1.29, 1.82) is 0 Å². The Bertz CT molecular complexity index is 2030. The first-order chi connectivity index (χ1) is 38.7. The topological polar surface area (TPSA) is 563 Å². The molecule has 7 heterocycles. The Morgan fingerprint density at radius 1 is 0.341 bits per heavy atom. The van der Waals surface area contributed by atoms with Crippen LogP contribution in [0.1, 0.15) is 27.7 Å². The Hall–Kier alpha value is -2.34. The molecule has 35 atom stereocenters. The molecule has 476 valence electrons. The standard InChI is InChI=1S/C46H78N2O34/c1-10-21(55)28(62)32(66)42(71-10)81-38-30(64)23(57)14(5-49)75-45(38)79-36-20(48-13(4)54)40(69)73-18(26(36)60)9-70-41-19(47-12(3)53)27(61)35(17(8-52)77-41)78-44-34(68)37(25(59)16(7-51)74-44)80-46-39(31(65)24(58)15(6-50)76-46)82-43-33(67)29(63)22(56)11(2)72-43/h10-11,14-46,49-52,55-69H,5-9H2,1-4H3,(H,47,53)(H,48,54)/t10-,11-,14+,15+,16+,17+,18+,19+,20+,21+,22+,23-,24-,25-,26-,27+,28+,29+,30-,31-,32-,33-,34+,35+,36+,37-,38+,39+,40-,41+,42-,43-,44-,45-,46+/m0/s1. The minimum absolute atomic E-state index is 0.809. The number of hydrogen-bond acceptors (Lipinski definition) is 34. The molecular weight excluding hydrogens is 1120 g/mol. The van der Waals surface area contributed by atoms with Crippen LogP contribution in [0, 0.1) is 0 Å². The fourth-order valence-corrected chi connectivity index (χ4v) is 10.6. The van der Waals surface area contributed by atoms with E-state index in [-0.39, 0.29) is 0 Å². The van der Waals surface area contributed by atoms with E-state index in [1.165, 1.54) is 13.8 Å². The SMILES string of the molecule is CC(=O)N[C@@H]1[C@@H](O[C@@H]2O[C@H](CO)[C@H](O)[C@H](O)[C@H]2O[C@@H]2O[C@@H](C)[C@@H](O)[C@@H](O)[C@@H]2O)[C@@H](O)[C@@H](CO[C@@H]2O[C@H](CO)[C@@H](O[C@@H]3O[C@H](CO)[C@H](O)[C@H](O[C@H]4O[C@H](CO)[C@H](O)[C@H](O)[C@H]4O[C@@H]4O[C@@H](C)[C@@H](O)[C@@H](O)[C@@H]4O)[C@H]3O)[C@H](O)[C@H]2NC(C)=O)O[C@@H]1O. The highest BCUT2D eigenvalue weighted by Crippen LogP contribution is 2.37. The van der Waals surface area contributed by atoms with Crippen LogP contribution in [-0.4, -0.2) is 357 Å². The Kier molecular flexibility index (Phi) is 23.5. The number of rotatable bonds is 19. The highest BCUT2D eigenvalue weighted by molar-refractivity contribution is 5.73. The van der Waals surface area contributed by atoms with Crippen LogP contribution in [-0.2, 0) is 71.2 Å². The second-order valence-electron chi connectivity index (χ2n) is 21.0. The largest absolute Gasteiger partial charge is 0.394 e. The smallest absolute Gasteiger partial charge is 0.217 e. The Morgan fingerprint density at radius 3 is 1.18 bits per heavy atom. The average Bonchev–Trinajstić information content (AvgIpc) is 3.51. The highest BCUT2D eigenvalue weighted by Gasteiger charge is 2.58. The Morgan fingerprint density at radius 2 is 0.720 bits per heavy atom. The maximum Gasteiger partial charge on any atom is 0.217 e. The normalized spacial score (nSPS) is 51.3. The second-order valence-corrected chi connectivity index (χ2v) is 21.0. The average molecular weight is 1200 g/mol. The van der Waals surface area contributed by atoms with Gasteiger partial charge in [0.2, 0.25) is 11.8 Å². The quantitative estimate of drug-likeness (QED) is 0.0571. The number of carbonyl (C=O) groups excluding carboxylic acids is 2.